The third kappa shape index (κ3) is 8.06. The molecule has 5 heteroatoms. The van der Waals surface area contributed by atoms with Gasteiger partial charge in [0.05, 0.1) is 12.7 Å². The maximum Gasteiger partial charge on any atom is 0.407 e. The summed E-state index contributed by atoms with van der Waals surface area (Å²) in [5.41, 5.74) is 5.84. The molecule has 0 aromatic carbocycles. The largest absolute Gasteiger partial charge is 0.449 e. The van der Waals surface area contributed by atoms with E-state index in [1.807, 2.05) is 13.8 Å². The first-order valence-electron chi connectivity index (χ1n) is 7.35. The lowest BCUT2D eigenvalue weighted by atomic mass is 9.94. The van der Waals surface area contributed by atoms with Crippen molar-refractivity contribution in [2.24, 2.45) is 11.7 Å². The second-order valence-corrected chi connectivity index (χ2v) is 5.68. The first-order valence-corrected chi connectivity index (χ1v) is 7.35. The van der Waals surface area contributed by atoms with Crippen molar-refractivity contribution < 1.29 is 14.3 Å². The normalized spacial score (nSPS) is 23.4. The number of rotatable bonds is 7. The highest BCUT2D eigenvalue weighted by atomic mass is 16.5. The highest BCUT2D eigenvalue weighted by Gasteiger charge is 2.18. The molecule has 1 fully saturated rings. The van der Waals surface area contributed by atoms with Gasteiger partial charge in [0.1, 0.15) is 0 Å². The van der Waals surface area contributed by atoms with Crippen molar-refractivity contribution >= 4 is 6.09 Å². The number of ether oxygens (including phenoxy) is 2. The van der Waals surface area contributed by atoms with E-state index in [0.29, 0.717) is 37.8 Å². The average molecular weight is 272 g/mol. The summed E-state index contributed by atoms with van der Waals surface area (Å²) in [4.78, 5) is 11.3. The van der Waals surface area contributed by atoms with E-state index >= 15 is 0 Å². The molecular weight excluding hydrogens is 244 g/mol. The zero-order valence-corrected chi connectivity index (χ0v) is 12.2. The molecule has 0 unspecified atom stereocenters. The molecule has 1 aliphatic carbocycles. The molecule has 0 aromatic heterocycles. The Morgan fingerprint density at radius 2 is 2.00 bits per heavy atom. The fraction of sp³-hybridized carbons (Fsp3) is 0.929. The Kier molecular flexibility index (Phi) is 7.82. The van der Waals surface area contributed by atoms with Crippen LogP contribution in [0.5, 0.6) is 0 Å². The topological polar surface area (TPSA) is 73.6 Å². The van der Waals surface area contributed by atoms with Crippen molar-refractivity contribution in [2.45, 2.75) is 58.1 Å². The van der Waals surface area contributed by atoms with Gasteiger partial charge in [0.15, 0.2) is 0 Å². The number of amides is 1. The number of carbonyl (C=O) groups excluding carboxylic acids is 1. The molecule has 0 radical (unpaired) electrons. The Bertz CT molecular complexity index is 251. The average Bonchev–Trinajstić information content (AvgIpc) is 2.38. The summed E-state index contributed by atoms with van der Waals surface area (Å²) in [6, 6.07) is 0.359. The van der Waals surface area contributed by atoms with Gasteiger partial charge in [-0.3, -0.25) is 0 Å². The van der Waals surface area contributed by atoms with Crippen molar-refractivity contribution in [2.75, 3.05) is 19.8 Å². The molecule has 0 aromatic rings. The van der Waals surface area contributed by atoms with Gasteiger partial charge in [0.2, 0.25) is 0 Å². The molecule has 1 aliphatic rings. The molecule has 0 atom stereocenters. The van der Waals surface area contributed by atoms with Crippen molar-refractivity contribution in [1.82, 2.24) is 5.32 Å². The molecule has 0 aliphatic heterocycles. The summed E-state index contributed by atoms with van der Waals surface area (Å²) in [5.74, 6) is 0.367. The Morgan fingerprint density at radius 1 is 1.32 bits per heavy atom. The van der Waals surface area contributed by atoms with E-state index < -0.39 is 0 Å². The SMILES string of the molecule is CC(C)COC(=O)NCCCOC1CCC(N)CC1. The van der Waals surface area contributed by atoms with E-state index in [2.05, 4.69) is 5.32 Å². The number of hydrogen-bond acceptors (Lipinski definition) is 4. The number of hydrogen-bond donors (Lipinski definition) is 2. The van der Waals surface area contributed by atoms with Crippen LogP contribution in [0, 0.1) is 5.92 Å². The van der Waals surface area contributed by atoms with Crippen LogP contribution in [0.15, 0.2) is 0 Å². The van der Waals surface area contributed by atoms with E-state index in [4.69, 9.17) is 15.2 Å². The second-order valence-electron chi connectivity index (χ2n) is 5.68. The van der Waals surface area contributed by atoms with Gasteiger partial charge in [0, 0.05) is 19.2 Å². The Morgan fingerprint density at radius 3 is 2.63 bits per heavy atom. The van der Waals surface area contributed by atoms with Crippen LogP contribution < -0.4 is 11.1 Å². The Balaban J connectivity index is 1.92. The molecule has 0 saturated heterocycles. The highest BCUT2D eigenvalue weighted by Crippen LogP contribution is 2.19. The molecule has 112 valence electrons. The minimum absolute atomic E-state index is 0.336. The summed E-state index contributed by atoms with van der Waals surface area (Å²) in [7, 11) is 0. The van der Waals surface area contributed by atoms with Gasteiger partial charge in [-0.1, -0.05) is 13.8 Å². The van der Waals surface area contributed by atoms with Crippen LogP contribution in [-0.2, 0) is 9.47 Å². The van der Waals surface area contributed by atoms with Gasteiger partial charge >= 0.3 is 6.09 Å². The third-order valence-corrected chi connectivity index (χ3v) is 3.21. The molecule has 5 nitrogen and oxygen atoms in total. The van der Waals surface area contributed by atoms with E-state index in [1.54, 1.807) is 0 Å². The summed E-state index contributed by atoms with van der Waals surface area (Å²) in [6.45, 7) is 5.77. The summed E-state index contributed by atoms with van der Waals surface area (Å²) in [5, 5.41) is 2.72. The van der Waals surface area contributed by atoms with Crippen LogP contribution in [-0.4, -0.2) is 38.0 Å². The third-order valence-electron chi connectivity index (χ3n) is 3.21. The van der Waals surface area contributed by atoms with Gasteiger partial charge in [0.25, 0.3) is 0 Å². The van der Waals surface area contributed by atoms with Crippen LogP contribution in [0.4, 0.5) is 4.79 Å². The van der Waals surface area contributed by atoms with E-state index in [1.165, 1.54) is 0 Å². The van der Waals surface area contributed by atoms with E-state index in [9.17, 15) is 4.79 Å². The lowest BCUT2D eigenvalue weighted by Crippen LogP contribution is -2.31. The fourth-order valence-electron chi connectivity index (χ4n) is 2.06. The number of alkyl carbamates (subject to hydrolysis) is 1. The van der Waals surface area contributed by atoms with Crippen molar-refractivity contribution in [3.8, 4) is 0 Å². The first kappa shape index (κ1) is 16.2. The highest BCUT2D eigenvalue weighted by molar-refractivity contribution is 5.66. The van der Waals surface area contributed by atoms with Gasteiger partial charge in [-0.15, -0.1) is 0 Å². The van der Waals surface area contributed by atoms with Crippen LogP contribution in [0.2, 0.25) is 0 Å². The quantitative estimate of drug-likeness (QED) is 0.696. The molecule has 1 saturated carbocycles. The van der Waals surface area contributed by atoms with E-state index in [-0.39, 0.29) is 6.09 Å². The Labute approximate surface area is 116 Å². The van der Waals surface area contributed by atoms with Gasteiger partial charge in [-0.2, -0.15) is 0 Å². The molecular formula is C14H28N2O3. The van der Waals surface area contributed by atoms with Gasteiger partial charge in [-0.05, 0) is 38.0 Å². The van der Waals surface area contributed by atoms with Crippen LogP contribution >= 0.6 is 0 Å². The monoisotopic (exact) mass is 272 g/mol. The minimum Gasteiger partial charge on any atom is -0.449 e. The molecule has 0 heterocycles. The molecule has 1 rings (SSSR count). The van der Waals surface area contributed by atoms with Crippen LogP contribution in [0.1, 0.15) is 46.0 Å². The zero-order chi connectivity index (χ0) is 14.1. The van der Waals surface area contributed by atoms with E-state index in [0.717, 1.165) is 32.1 Å². The van der Waals surface area contributed by atoms with Crippen molar-refractivity contribution in [1.29, 1.82) is 0 Å². The molecule has 19 heavy (non-hydrogen) atoms. The zero-order valence-electron chi connectivity index (χ0n) is 12.2. The van der Waals surface area contributed by atoms with Crippen LogP contribution in [0.3, 0.4) is 0 Å². The molecule has 3 N–H and O–H groups in total. The number of nitrogens with two attached hydrogens (primary N) is 1. The molecule has 1 amide bonds. The lowest BCUT2D eigenvalue weighted by molar-refractivity contribution is 0.0240. The number of nitrogens with one attached hydrogen (secondary N) is 1. The predicted octanol–water partition coefficient (Wildman–Crippen LogP) is 2.05. The number of carbonyl (C=O) groups is 1. The maximum absolute atomic E-state index is 11.3. The summed E-state index contributed by atoms with van der Waals surface area (Å²) < 4.78 is 10.8. The molecule has 0 spiro atoms. The lowest BCUT2D eigenvalue weighted by Gasteiger charge is -2.26. The van der Waals surface area contributed by atoms with Gasteiger partial charge in [-0.25, -0.2) is 4.79 Å². The minimum atomic E-state index is -0.336. The fourth-order valence-corrected chi connectivity index (χ4v) is 2.06. The predicted molar refractivity (Wildman–Crippen MR) is 75.0 cm³/mol. The maximum atomic E-state index is 11.3. The Hall–Kier alpha value is -0.810. The smallest absolute Gasteiger partial charge is 0.407 e. The standard InChI is InChI=1S/C14H28N2O3/c1-11(2)10-19-14(17)16-8-3-9-18-13-6-4-12(15)5-7-13/h11-13H,3-10,15H2,1-2H3,(H,16,17). The van der Waals surface area contributed by atoms with Crippen molar-refractivity contribution in [3.63, 3.8) is 0 Å². The van der Waals surface area contributed by atoms with Crippen LogP contribution in [0.25, 0.3) is 0 Å². The first-order chi connectivity index (χ1) is 9.08. The van der Waals surface area contributed by atoms with Gasteiger partial charge < -0.3 is 20.5 Å². The summed E-state index contributed by atoms with van der Waals surface area (Å²) in [6.07, 6.45) is 5.08. The molecule has 0 bridgehead atoms. The van der Waals surface area contributed by atoms with Crippen molar-refractivity contribution in [3.05, 3.63) is 0 Å². The second kappa shape index (κ2) is 9.15. The summed E-state index contributed by atoms with van der Waals surface area (Å²) >= 11 is 0.